The summed E-state index contributed by atoms with van der Waals surface area (Å²) in [6.45, 7) is 1.31. The van der Waals surface area contributed by atoms with E-state index in [0.29, 0.717) is 29.4 Å². The quantitative estimate of drug-likeness (QED) is 0.855. The maximum atomic E-state index is 12.4. The summed E-state index contributed by atoms with van der Waals surface area (Å²) in [6, 6.07) is 3.11. The average molecular weight is 303 g/mol. The van der Waals surface area contributed by atoms with E-state index in [4.69, 9.17) is 33.7 Å². The third kappa shape index (κ3) is 3.14. The molecule has 0 atom stereocenters. The lowest BCUT2D eigenvalue weighted by Gasteiger charge is -2.31. The molecule has 2 rings (SSSR count). The van der Waals surface area contributed by atoms with Crippen molar-refractivity contribution in [1.29, 1.82) is 0 Å². The number of rotatable bonds is 2. The molecule has 2 N–H and O–H groups in total. The minimum Gasteiger partial charge on any atom is -0.399 e. The SMILES string of the molecule is COC1CCN(C(=O)c2cc(N)cc(Cl)c2Cl)CC1. The lowest BCUT2D eigenvalue weighted by atomic mass is 10.1. The van der Waals surface area contributed by atoms with E-state index in [1.807, 2.05) is 0 Å². The molecule has 1 aliphatic heterocycles. The first-order chi connectivity index (χ1) is 9.02. The molecule has 6 heteroatoms. The molecule has 0 aliphatic carbocycles. The number of ether oxygens (including phenoxy) is 1. The van der Waals surface area contributed by atoms with Gasteiger partial charge in [0.15, 0.2) is 0 Å². The summed E-state index contributed by atoms with van der Waals surface area (Å²) in [5, 5.41) is 0.562. The van der Waals surface area contributed by atoms with Crippen molar-refractivity contribution in [2.24, 2.45) is 0 Å². The Bertz CT molecular complexity index is 486. The first kappa shape index (κ1) is 14.4. The molecule has 0 spiro atoms. The Morgan fingerprint density at radius 2 is 2.00 bits per heavy atom. The number of amides is 1. The standard InChI is InChI=1S/C13H16Cl2N2O2/c1-19-9-2-4-17(5-3-9)13(18)10-6-8(16)7-11(14)12(10)15/h6-7,9H,2-5,16H2,1H3. The Morgan fingerprint density at radius 1 is 1.37 bits per heavy atom. The summed E-state index contributed by atoms with van der Waals surface area (Å²) in [7, 11) is 1.69. The third-order valence-electron chi connectivity index (χ3n) is 3.34. The first-order valence-electron chi connectivity index (χ1n) is 6.09. The predicted octanol–water partition coefficient (Wildman–Crippen LogP) is 2.83. The van der Waals surface area contributed by atoms with Crippen molar-refractivity contribution >= 4 is 34.8 Å². The third-order valence-corrected chi connectivity index (χ3v) is 4.15. The van der Waals surface area contributed by atoms with Crippen molar-refractivity contribution in [3.05, 3.63) is 27.7 Å². The fourth-order valence-electron chi connectivity index (χ4n) is 2.23. The first-order valence-corrected chi connectivity index (χ1v) is 6.85. The number of carbonyl (C=O) groups is 1. The van der Waals surface area contributed by atoms with Crippen LogP contribution in [0.2, 0.25) is 10.0 Å². The number of carbonyl (C=O) groups excluding carboxylic acids is 1. The van der Waals surface area contributed by atoms with Crippen LogP contribution in [0.4, 0.5) is 5.69 Å². The van der Waals surface area contributed by atoms with Gasteiger partial charge in [0.05, 0.1) is 21.7 Å². The zero-order valence-corrected chi connectivity index (χ0v) is 12.2. The smallest absolute Gasteiger partial charge is 0.255 e. The van der Waals surface area contributed by atoms with Gasteiger partial charge in [0.2, 0.25) is 0 Å². The van der Waals surface area contributed by atoms with Crippen molar-refractivity contribution in [3.63, 3.8) is 0 Å². The van der Waals surface area contributed by atoms with Crippen LogP contribution in [0.3, 0.4) is 0 Å². The minimum atomic E-state index is -0.131. The van der Waals surface area contributed by atoms with E-state index in [9.17, 15) is 4.79 Å². The van der Waals surface area contributed by atoms with E-state index in [-0.39, 0.29) is 17.0 Å². The van der Waals surface area contributed by atoms with Gasteiger partial charge in [0, 0.05) is 25.9 Å². The molecular formula is C13H16Cl2N2O2. The van der Waals surface area contributed by atoms with Gasteiger partial charge in [-0.25, -0.2) is 0 Å². The molecule has 1 aliphatic rings. The van der Waals surface area contributed by atoms with E-state index in [1.165, 1.54) is 6.07 Å². The van der Waals surface area contributed by atoms with E-state index in [0.717, 1.165) is 12.8 Å². The number of methoxy groups -OCH3 is 1. The molecular weight excluding hydrogens is 287 g/mol. The van der Waals surface area contributed by atoms with Crippen LogP contribution in [0.5, 0.6) is 0 Å². The van der Waals surface area contributed by atoms with E-state index in [1.54, 1.807) is 18.1 Å². The van der Waals surface area contributed by atoms with Gasteiger partial charge in [0.25, 0.3) is 5.91 Å². The number of hydrogen-bond donors (Lipinski definition) is 1. The number of benzene rings is 1. The van der Waals surface area contributed by atoms with E-state index in [2.05, 4.69) is 0 Å². The molecule has 1 saturated heterocycles. The molecule has 0 aromatic heterocycles. The fraction of sp³-hybridized carbons (Fsp3) is 0.462. The van der Waals surface area contributed by atoms with E-state index < -0.39 is 0 Å². The van der Waals surface area contributed by atoms with Crippen LogP contribution in [-0.2, 0) is 4.74 Å². The van der Waals surface area contributed by atoms with E-state index >= 15 is 0 Å². The van der Waals surface area contributed by atoms with Gasteiger partial charge in [-0.05, 0) is 25.0 Å². The van der Waals surface area contributed by atoms with Crippen LogP contribution >= 0.6 is 23.2 Å². The van der Waals surface area contributed by atoms with Crippen molar-refractivity contribution in [1.82, 2.24) is 4.90 Å². The summed E-state index contributed by atoms with van der Waals surface area (Å²) in [6.07, 6.45) is 1.88. The highest BCUT2D eigenvalue weighted by Gasteiger charge is 2.25. The molecule has 4 nitrogen and oxygen atoms in total. The largest absolute Gasteiger partial charge is 0.399 e. The number of likely N-dealkylation sites (tertiary alicyclic amines) is 1. The molecule has 1 heterocycles. The number of hydrogen-bond acceptors (Lipinski definition) is 3. The zero-order chi connectivity index (χ0) is 14.0. The predicted molar refractivity (Wildman–Crippen MR) is 76.8 cm³/mol. The molecule has 0 bridgehead atoms. The number of nitrogen functional groups attached to an aromatic ring is 1. The minimum absolute atomic E-state index is 0.131. The summed E-state index contributed by atoms with van der Waals surface area (Å²) in [5.74, 6) is -0.131. The lowest BCUT2D eigenvalue weighted by Crippen LogP contribution is -2.40. The fourth-order valence-corrected chi connectivity index (χ4v) is 2.65. The number of nitrogens with zero attached hydrogens (tertiary/aromatic N) is 1. The summed E-state index contributed by atoms with van der Waals surface area (Å²) in [5.41, 5.74) is 6.50. The second-order valence-corrected chi connectivity index (χ2v) is 5.38. The van der Waals surface area contributed by atoms with Gasteiger partial charge in [-0.2, -0.15) is 0 Å². The van der Waals surface area contributed by atoms with Gasteiger partial charge in [-0.15, -0.1) is 0 Å². The molecule has 0 unspecified atom stereocenters. The van der Waals surface area contributed by atoms with Crippen molar-refractivity contribution in [2.45, 2.75) is 18.9 Å². The van der Waals surface area contributed by atoms with Crippen molar-refractivity contribution in [2.75, 3.05) is 25.9 Å². The van der Waals surface area contributed by atoms with Gasteiger partial charge in [-0.1, -0.05) is 23.2 Å². The van der Waals surface area contributed by atoms with Crippen LogP contribution in [-0.4, -0.2) is 37.1 Å². The number of anilines is 1. The monoisotopic (exact) mass is 302 g/mol. The van der Waals surface area contributed by atoms with Gasteiger partial charge < -0.3 is 15.4 Å². The number of halogens is 2. The maximum Gasteiger partial charge on any atom is 0.255 e. The number of nitrogens with two attached hydrogens (primary N) is 1. The van der Waals surface area contributed by atoms with Crippen LogP contribution in [0.15, 0.2) is 12.1 Å². The Labute approximate surface area is 122 Å². The molecule has 0 radical (unpaired) electrons. The molecule has 1 aromatic carbocycles. The Kier molecular flexibility index (Phi) is 4.55. The van der Waals surface area contributed by atoms with Crippen molar-refractivity contribution < 1.29 is 9.53 Å². The lowest BCUT2D eigenvalue weighted by molar-refractivity contribution is 0.0351. The van der Waals surface area contributed by atoms with Crippen LogP contribution in [0.25, 0.3) is 0 Å². The molecule has 19 heavy (non-hydrogen) atoms. The highest BCUT2D eigenvalue weighted by Crippen LogP contribution is 2.30. The molecule has 1 aromatic rings. The summed E-state index contributed by atoms with van der Waals surface area (Å²) < 4.78 is 5.28. The topological polar surface area (TPSA) is 55.6 Å². The Balaban J connectivity index is 2.17. The molecule has 1 fully saturated rings. The second-order valence-electron chi connectivity index (χ2n) is 4.59. The van der Waals surface area contributed by atoms with Crippen LogP contribution in [0, 0.1) is 0 Å². The van der Waals surface area contributed by atoms with Crippen LogP contribution < -0.4 is 5.73 Å². The van der Waals surface area contributed by atoms with Gasteiger partial charge in [0.1, 0.15) is 0 Å². The maximum absolute atomic E-state index is 12.4. The Hall–Kier alpha value is -0.970. The van der Waals surface area contributed by atoms with Gasteiger partial charge in [-0.3, -0.25) is 4.79 Å². The normalized spacial score (nSPS) is 16.7. The highest BCUT2D eigenvalue weighted by atomic mass is 35.5. The number of piperidine rings is 1. The second kappa shape index (κ2) is 5.99. The molecule has 104 valence electrons. The zero-order valence-electron chi connectivity index (χ0n) is 10.7. The molecule has 1 amide bonds. The van der Waals surface area contributed by atoms with Gasteiger partial charge >= 0.3 is 0 Å². The average Bonchev–Trinajstić information content (AvgIpc) is 2.42. The summed E-state index contributed by atoms with van der Waals surface area (Å²) >= 11 is 12.0. The Morgan fingerprint density at radius 3 is 2.58 bits per heavy atom. The highest BCUT2D eigenvalue weighted by molar-refractivity contribution is 6.44. The van der Waals surface area contributed by atoms with Crippen LogP contribution in [0.1, 0.15) is 23.2 Å². The van der Waals surface area contributed by atoms with Crippen molar-refractivity contribution in [3.8, 4) is 0 Å². The summed E-state index contributed by atoms with van der Waals surface area (Å²) in [4.78, 5) is 14.2. The molecule has 0 saturated carbocycles.